The zero-order valence-electron chi connectivity index (χ0n) is 11.8. The summed E-state index contributed by atoms with van der Waals surface area (Å²) in [4.78, 5) is 5.08. The van der Waals surface area contributed by atoms with Crippen molar-refractivity contribution in [1.29, 1.82) is 0 Å². The van der Waals surface area contributed by atoms with E-state index in [0.717, 1.165) is 23.9 Å². The van der Waals surface area contributed by atoms with Gasteiger partial charge in [-0.25, -0.2) is 5.90 Å². The summed E-state index contributed by atoms with van der Waals surface area (Å²) < 4.78 is 0.977. The Morgan fingerprint density at radius 2 is 1.72 bits per heavy atom. The Hall–Kier alpha value is -0.420. The molecule has 0 aliphatic heterocycles. The minimum Gasteiger partial charge on any atom is -1.00 e. The first-order valence-electron chi connectivity index (χ1n) is 6.15. The molecule has 0 heterocycles. The van der Waals surface area contributed by atoms with Crippen molar-refractivity contribution in [2.24, 2.45) is 5.90 Å². The topological polar surface area (TPSA) is 35.2 Å². The number of aryl methyl sites for hydroxylation is 1. The van der Waals surface area contributed by atoms with Gasteiger partial charge in [-0.1, -0.05) is 29.8 Å². The van der Waals surface area contributed by atoms with Crippen LogP contribution in [0.5, 0.6) is 0 Å². The summed E-state index contributed by atoms with van der Waals surface area (Å²) >= 11 is 0. The van der Waals surface area contributed by atoms with Crippen molar-refractivity contribution in [3.05, 3.63) is 35.4 Å². The van der Waals surface area contributed by atoms with E-state index in [0.29, 0.717) is 0 Å². The Bertz CT molecular complexity index is 333. The number of nitrogens with zero attached hydrogens (tertiary/aromatic N) is 1. The lowest BCUT2D eigenvalue weighted by molar-refractivity contribution is -0.870. The van der Waals surface area contributed by atoms with E-state index in [1.54, 1.807) is 0 Å². The highest BCUT2D eigenvalue weighted by Gasteiger charge is 2.13. The molecule has 1 aromatic rings. The molecule has 0 fully saturated rings. The normalized spacial score (nSPS) is 12.9. The van der Waals surface area contributed by atoms with Gasteiger partial charge >= 0.3 is 0 Å². The molecule has 0 spiro atoms. The van der Waals surface area contributed by atoms with Crippen molar-refractivity contribution in [2.45, 2.75) is 25.9 Å². The molecule has 104 valence electrons. The minimum atomic E-state index is 0. The van der Waals surface area contributed by atoms with Crippen molar-refractivity contribution in [2.75, 3.05) is 27.7 Å². The lowest BCUT2D eigenvalue weighted by Crippen LogP contribution is -3.00. The fourth-order valence-electron chi connectivity index (χ4n) is 1.85. The Morgan fingerprint density at radius 3 is 2.17 bits per heavy atom. The van der Waals surface area contributed by atoms with Crippen LogP contribution in [-0.2, 0) is 4.84 Å². The van der Waals surface area contributed by atoms with Gasteiger partial charge in [0.2, 0.25) is 0 Å². The van der Waals surface area contributed by atoms with Crippen molar-refractivity contribution in [3.8, 4) is 0 Å². The molecule has 1 atom stereocenters. The summed E-state index contributed by atoms with van der Waals surface area (Å²) in [5, 5.41) is 0. The van der Waals surface area contributed by atoms with E-state index in [9.17, 15) is 0 Å². The third-order valence-electron chi connectivity index (χ3n) is 2.91. The van der Waals surface area contributed by atoms with Gasteiger partial charge in [-0.05, 0) is 25.3 Å². The van der Waals surface area contributed by atoms with Crippen molar-refractivity contribution < 1.29 is 26.3 Å². The summed E-state index contributed by atoms with van der Waals surface area (Å²) in [6, 6.07) is 8.39. The predicted molar refractivity (Wildman–Crippen MR) is 71.3 cm³/mol. The number of hydrogen-bond acceptors (Lipinski definition) is 2. The highest BCUT2D eigenvalue weighted by atomic mass is 79.9. The number of nitrogens with two attached hydrogens (primary N) is 1. The third kappa shape index (κ3) is 6.50. The van der Waals surface area contributed by atoms with Gasteiger partial charge in [-0.3, -0.25) is 4.84 Å². The highest BCUT2D eigenvalue weighted by molar-refractivity contribution is 5.23. The molecule has 0 bridgehead atoms. The van der Waals surface area contributed by atoms with Gasteiger partial charge in [0.15, 0.2) is 0 Å². The van der Waals surface area contributed by atoms with Gasteiger partial charge in [0.05, 0.1) is 27.7 Å². The first-order chi connectivity index (χ1) is 7.92. The van der Waals surface area contributed by atoms with Crippen LogP contribution < -0.4 is 22.9 Å². The van der Waals surface area contributed by atoms with E-state index in [1.165, 1.54) is 11.1 Å². The van der Waals surface area contributed by atoms with Crippen LogP contribution in [0.15, 0.2) is 24.3 Å². The van der Waals surface area contributed by atoms with Gasteiger partial charge < -0.3 is 21.5 Å². The Morgan fingerprint density at radius 1 is 1.17 bits per heavy atom. The van der Waals surface area contributed by atoms with Crippen molar-refractivity contribution in [3.63, 3.8) is 0 Å². The first-order valence-corrected chi connectivity index (χ1v) is 6.15. The van der Waals surface area contributed by atoms with Crippen molar-refractivity contribution in [1.82, 2.24) is 0 Å². The fourth-order valence-corrected chi connectivity index (χ4v) is 1.85. The average molecular weight is 317 g/mol. The Balaban J connectivity index is 0.00000289. The molecular formula is C14H25BrN2O. The van der Waals surface area contributed by atoms with E-state index in [-0.39, 0.29) is 23.1 Å². The highest BCUT2D eigenvalue weighted by Crippen LogP contribution is 2.21. The van der Waals surface area contributed by atoms with E-state index in [1.807, 2.05) is 0 Å². The summed E-state index contributed by atoms with van der Waals surface area (Å²) in [5.74, 6) is 5.39. The number of hydrogen-bond donors (Lipinski definition) is 1. The first kappa shape index (κ1) is 17.6. The monoisotopic (exact) mass is 316 g/mol. The lowest BCUT2D eigenvalue weighted by atomic mass is 10.0. The molecular weight excluding hydrogens is 292 g/mol. The molecule has 0 saturated carbocycles. The van der Waals surface area contributed by atoms with Gasteiger partial charge in [0.25, 0.3) is 0 Å². The molecule has 4 heteroatoms. The van der Waals surface area contributed by atoms with E-state index in [2.05, 4.69) is 52.3 Å². The summed E-state index contributed by atoms with van der Waals surface area (Å²) in [6.45, 7) is 3.21. The molecule has 0 aliphatic carbocycles. The molecule has 0 aromatic heterocycles. The molecule has 0 saturated heterocycles. The maximum absolute atomic E-state index is 5.39. The molecule has 0 aliphatic rings. The van der Waals surface area contributed by atoms with E-state index in [4.69, 9.17) is 10.7 Å². The summed E-state index contributed by atoms with van der Waals surface area (Å²) in [6.07, 6.45) is 2.09. The molecule has 3 nitrogen and oxygen atoms in total. The Labute approximate surface area is 121 Å². The van der Waals surface area contributed by atoms with Crippen LogP contribution in [0.1, 0.15) is 30.1 Å². The molecule has 1 unspecified atom stereocenters. The fraction of sp³-hybridized carbons (Fsp3) is 0.571. The van der Waals surface area contributed by atoms with Crippen LogP contribution in [0, 0.1) is 6.92 Å². The second kappa shape index (κ2) is 7.89. The number of halogens is 1. The largest absolute Gasteiger partial charge is 1.00 e. The maximum Gasteiger partial charge on any atom is 0.104 e. The van der Waals surface area contributed by atoms with Crippen LogP contribution in [0.3, 0.4) is 0 Å². The number of benzene rings is 1. The van der Waals surface area contributed by atoms with Crippen LogP contribution in [0.4, 0.5) is 0 Å². The molecule has 1 rings (SSSR count). The van der Waals surface area contributed by atoms with Crippen LogP contribution in [0.25, 0.3) is 0 Å². The van der Waals surface area contributed by atoms with Crippen LogP contribution >= 0.6 is 0 Å². The minimum absolute atomic E-state index is 0. The zero-order valence-corrected chi connectivity index (χ0v) is 13.4. The quantitative estimate of drug-likeness (QED) is 0.563. The second-order valence-electron chi connectivity index (χ2n) is 5.69. The average Bonchev–Trinajstić information content (AvgIpc) is 2.24. The predicted octanol–water partition coefficient (Wildman–Crippen LogP) is -0.583. The zero-order chi connectivity index (χ0) is 12.9. The maximum atomic E-state index is 5.39. The molecule has 2 N–H and O–H groups in total. The third-order valence-corrected chi connectivity index (χ3v) is 2.91. The van der Waals surface area contributed by atoms with Crippen LogP contribution in [0.2, 0.25) is 0 Å². The summed E-state index contributed by atoms with van der Waals surface area (Å²) in [7, 11) is 6.60. The molecule has 1 aromatic carbocycles. The van der Waals surface area contributed by atoms with E-state index >= 15 is 0 Å². The number of rotatable bonds is 6. The van der Waals surface area contributed by atoms with Gasteiger partial charge in [0.1, 0.15) is 6.10 Å². The van der Waals surface area contributed by atoms with Gasteiger partial charge in [-0.2, -0.15) is 0 Å². The summed E-state index contributed by atoms with van der Waals surface area (Å²) in [5.41, 5.74) is 2.43. The molecule has 0 amide bonds. The van der Waals surface area contributed by atoms with Crippen LogP contribution in [-0.4, -0.2) is 32.2 Å². The standard InChI is InChI=1S/C14H25N2O.BrH/c1-12-7-9-13(10-8-12)14(17-15)6-5-11-16(2,3)4;/h7-10,14H,5-6,11,15H2,1-4H3;1H/q+1;/p-1. The van der Waals surface area contributed by atoms with E-state index < -0.39 is 0 Å². The SMILES string of the molecule is Cc1ccc(C(CCC[N+](C)(C)C)ON)cc1.[Br-]. The number of quaternary nitrogens is 1. The Kier molecular flexibility index (Phi) is 7.71. The molecule has 0 radical (unpaired) electrons. The van der Waals surface area contributed by atoms with Crippen molar-refractivity contribution >= 4 is 0 Å². The second-order valence-corrected chi connectivity index (χ2v) is 5.69. The smallest absolute Gasteiger partial charge is 0.104 e. The van der Waals surface area contributed by atoms with Gasteiger partial charge in [0, 0.05) is 0 Å². The van der Waals surface area contributed by atoms with Gasteiger partial charge in [-0.15, -0.1) is 0 Å². The molecule has 18 heavy (non-hydrogen) atoms. The lowest BCUT2D eigenvalue weighted by Gasteiger charge is -2.24.